The molecule has 2 aromatic rings. The van der Waals surface area contributed by atoms with Crippen molar-refractivity contribution in [1.29, 1.82) is 10.5 Å². The van der Waals surface area contributed by atoms with E-state index in [-0.39, 0.29) is 5.57 Å². The third kappa shape index (κ3) is 3.79. The first-order chi connectivity index (χ1) is 11.6. The van der Waals surface area contributed by atoms with Crippen LogP contribution in [0.3, 0.4) is 0 Å². The van der Waals surface area contributed by atoms with E-state index in [2.05, 4.69) is 10.6 Å². The molecule has 24 heavy (non-hydrogen) atoms. The Labute approximate surface area is 140 Å². The molecule has 0 unspecified atom stereocenters. The predicted molar refractivity (Wildman–Crippen MR) is 93.0 cm³/mol. The van der Waals surface area contributed by atoms with Gasteiger partial charge in [0.15, 0.2) is 0 Å². The van der Waals surface area contributed by atoms with E-state index in [4.69, 9.17) is 5.26 Å². The van der Waals surface area contributed by atoms with Gasteiger partial charge in [0, 0.05) is 11.9 Å². The lowest BCUT2D eigenvalue weighted by atomic mass is 10.1. The van der Waals surface area contributed by atoms with E-state index in [0.29, 0.717) is 11.3 Å². The van der Waals surface area contributed by atoms with Crippen molar-refractivity contribution >= 4 is 17.3 Å². The summed E-state index contributed by atoms with van der Waals surface area (Å²) in [5.74, 6) is -0.571. The van der Waals surface area contributed by atoms with Gasteiger partial charge in [0.25, 0.3) is 5.91 Å². The zero-order valence-electron chi connectivity index (χ0n) is 13.4. The number of anilines is 2. The Morgan fingerprint density at radius 1 is 1.04 bits per heavy atom. The number of para-hydroxylation sites is 1. The van der Waals surface area contributed by atoms with Crippen LogP contribution in [0.2, 0.25) is 0 Å². The van der Waals surface area contributed by atoms with Crippen molar-refractivity contribution in [3.8, 4) is 12.1 Å². The second kappa shape index (κ2) is 7.62. The minimum absolute atomic E-state index is 0.0800. The first kappa shape index (κ1) is 16.8. The molecule has 118 valence electrons. The quantitative estimate of drug-likeness (QED) is 0.666. The second-order valence-corrected chi connectivity index (χ2v) is 5.17. The first-order valence-electron chi connectivity index (χ1n) is 7.30. The molecule has 2 rings (SSSR count). The molecule has 5 heteroatoms. The number of amides is 1. The number of nitriles is 2. The molecular weight excluding hydrogens is 300 g/mol. The van der Waals surface area contributed by atoms with Crippen LogP contribution in [-0.4, -0.2) is 5.91 Å². The van der Waals surface area contributed by atoms with Gasteiger partial charge >= 0.3 is 0 Å². The number of hydrogen-bond donors (Lipinski definition) is 2. The van der Waals surface area contributed by atoms with Crippen LogP contribution < -0.4 is 10.6 Å². The molecule has 0 heterocycles. The summed E-state index contributed by atoms with van der Waals surface area (Å²) in [5.41, 5.74) is 3.61. The first-order valence-corrected chi connectivity index (χ1v) is 7.30. The summed E-state index contributed by atoms with van der Waals surface area (Å²) in [5, 5.41) is 23.8. The molecule has 1 amide bonds. The molecule has 0 radical (unpaired) electrons. The molecule has 0 bridgehead atoms. The largest absolute Gasteiger partial charge is 0.360 e. The molecule has 0 aliphatic carbocycles. The summed E-state index contributed by atoms with van der Waals surface area (Å²) >= 11 is 0. The molecule has 0 aromatic heterocycles. The molecule has 0 fully saturated rings. The van der Waals surface area contributed by atoms with E-state index in [1.807, 2.05) is 44.2 Å². The van der Waals surface area contributed by atoms with Crippen LogP contribution in [-0.2, 0) is 4.79 Å². The normalized spacial score (nSPS) is 10.4. The van der Waals surface area contributed by atoms with Crippen LogP contribution in [0, 0.1) is 36.5 Å². The standard InChI is InChI=1S/C19H16N4O/c1-13-6-5-9-17(14(13)2)22-12-16(11-21)19(24)23-18-8-4-3-7-15(18)10-20/h3-9,12,22H,1-2H3,(H,23,24)/b16-12-. The van der Waals surface area contributed by atoms with Crippen molar-refractivity contribution in [3.63, 3.8) is 0 Å². The van der Waals surface area contributed by atoms with Crippen LogP contribution in [0.4, 0.5) is 11.4 Å². The van der Waals surface area contributed by atoms with Crippen molar-refractivity contribution in [2.45, 2.75) is 13.8 Å². The number of rotatable bonds is 4. The van der Waals surface area contributed by atoms with Gasteiger partial charge in [0.1, 0.15) is 17.7 Å². The molecule has 0 saturated carbocycles. The third-order valence-electron chi connectivity index (χ3n) is 3.64. The Bertz CT molecular complexity index is 885. The van der Waals surface area contributed by atoms with Gasteiger partial charge in [-0.15, -0.1) is 0 Å². The monoisotopic (exact) mass is 316 g/mol. The number of hydrogen-bond acceptors (Lipinski definition) is 4. The Kier molecular flexibility index (Phi) is 5.33. The number of nitrogens with zero attached hydrogens (tertiary/aromatic N) is 2. The summed E-state index contributed by atoms with van der Waals surface area (Å²) in [6.07, 6.45) is 1.37. The highest BCUT2D eigenvalue weighted by Gasteiger charge is 2.11. The highest BCUT2D eigenvalue weighted by Crippen LogP contribution is 2.19. The minimum atomic E-state index is -0.571. The smallest absolute Gasteiger partial charge is 0.267 e. The molecule has 0 atom stereocenters. The van der Waals surface area contributed by atoms with Gasteiger partial charge < -0.3 is 10.6 Å². The fraction of sp³-hybridized carbons (Fsp3) is 0.105. The van der Waals surface area contributed by atoms with Gasteiger partial charge in [-0.2, -0.15) is 10.5 Å². The van der Waals surface area contributed by atoms with Crippen LogP contribution in [0.25, 0.3) is 0 Å². The van der Waals surface area contributed by atoms with Crippen LogP contribution in [0.15, 0.2) is 54.2 Å². The molecule has 5 nitrogen and oxygen atoms in total. The van der Waals surface area contributed by atoms with Crippen molar-refractivity contribution in [1.82, 2.24) is 0 Å². The molecule has 2 N–H and O–H groups in total. The van der Waals surface area contributed by atoms with Gasteiger partial charge in [0.2, 0.25) is 0 Å². The Balaban J connectivity index is 2.19. The summed E-state index contributed by atoms with van der Waals surface area (Å²) in [6.45, 7) is 3.95. The average molecular weight is 316 g/mol. The maximum Gasteiger partial charge on any atom is 0.267 e. The predicted octanol–water partition coefficient (Wildman–Crippen LogP) is 3.63. The van der Waals surface area contributed by atoms with Crippen molar-refractivity contribution in [2.24, 2.45) is 0 Å². The molecule has 0 saturated heterocycles. The average Bonchev–Trinajstić information content (AvgIpc) is 2.59. The summed E-state index contributed by atoms with van der Waals surface area (Å²) < 4.78 is 0. The van der Waals surface area contributed by atoms with Gasteiger partial charge in [-0.1, -0.05) is 24.3 Å². The topological polar surface area (TPSA) is 88.7 Å². The SMILES string of the molecule is Cc1cccc(N/C=C(/C#N)C(=O)Nc2ccccc2C#N)c1C. The highest BCUT2D eigenvalue weighted by molar-refractivity contribution is 6.07. The maximum absolute atomic E-state index is 12.2. The molecule has 0 aliphatic heterocycles. The van der Waals surface area contributed by atoms with Crippen molar-refractivity contribution in [2.75, 3.05) is 10.6 Å². The van der Waals surface area contributed by atoms with Gasteiger partial charge in [-0.05, 0) is 43.2 Å². The lowest BCUT2D eigenvalue weighted by Crippen LogP contribution is -2.15. The number of benzene rings is 2. The van der Waals surface area contributed by atoms with Crippen LogP contribution in [0.1, 0.15) is 16.7 Å². The number of aryl methyl sites for hydroxylation is 1. The summed E-state index contributed by atoms with van der Waals surface area (Å²) in [6, 6.07) is 16.2. The fourth-order valence-corrected chi connectivity index (χ4v) is 2.09. The molecule has 0 aliphatic rings. The van der Waals surface area contributed by atoms with Crippen molar-refractivity contribution < 1.29 is 4.79 Å². The van der Waals surface area contributed by atoms with E-state index in [0.717, 1.165) is 16.8 Å². The minimum Gasteiger partial charge on any atom is -0.360 e. The van der Waals surface area contributed by atoms with E-state index >= 15 is 0 Å². The van der Waals surface area contributed by atoms with Crippen LogP contribution >= 0.6 is 0 Å². The van der Waals surface area contributed by atoms with Gasteiger partial charge in [-0.3, -0.25) is 4.79 Å². The Morgan fingerprint density at radius 2 is 1.75 bits per heavy atom. The number of carbonyl (C=O) groups excluding carboxylic acids is 1. The van der Waals surface area contributed by atoms with E-state index in [1.165, 1.54) is 6.20 Å². The zero-order valence-corrected chi connectivity index (χ0v) is 13.4. The lowest BCUT2D eigenvalue weighted by Gasteiger charge is -2.09. The van der Waals surface area contributed by atoms with E-state index in [1.54, 1.807) is 24.3 Å². The zero-order chi connectivity index (χ0) is 17.5. The lowest BCUT2D eigenvalue weighted by molar-refractivity contribution is -0.112. The van der Waals surface area contributed by atoms with Gasteiger partial charge in [-0.25, -0.2) is 0 Å². The second-order valence-electron chi connectivity index (χ2n) is 5.17. The Morgan fingerprint density at radius 3 is 2.46 bits per heavy atom. The van der Waals surface area contributed by atoms with E-state index < -0.39 is 5.91 Å². The molecular formula is C19H16N4O. The maximum atomic E-state index is 12.2. The number of carbonyl (C=O) groups is 1. The third-order valence-corrected chi connectivity index (χ3v) is 3.64. The fourth-order valence-electron chi connectivity index (χ4n) is 2.09. The number of nitrogens with one attached hydrogen (secondary N) is 2. The van der Waals surface area contributed by atoms with Crippen molar-refractivity contribution in [3.05, 3.63) is 70.9 Å². The van der Waals surface area contributed by atoms with Crippen LogP contribution in [0.5, 0.6) is 0 Å². The highest BCUT2D eigenvalue weighted by atomic mass is 16.1. The molecule has 0 spiro atoms. The van der Waals surface area contributed by atoms with E-state index in [9.17, 15) is 10.1 Å². The van der Waals surface area contributed by atoms with Gasteiger partial charge in [0.05, 0.1) is 11.3 Å². The Hall–Kier alpha value is -3.57. The summed E-state index contributed by atoms with van der Waals surface area (Å²) in [4.78, 5) is 12.2. The summed E-state index contributed by atoms with van der Waals surface area (Å²) in [7, 11) is 0. The molecule has 2 aromatic carbocycles.